The molecule has 1 N–H and O–H groups in total. The number of aliphatic hydroxyl groups is 1. The molecule has 0 unspecified atom stereocenters. The SMILES string of the molecule is CN(Cc1cccc(C#N)c1)[C@H](CCO)c1ccccc1. The Morgan fingerprint density at radius 3 is 2.57 bits per heavy atom. The van der Waals surface area contributed by atoms with Gasteiger partial charge in [-0.15, -0.1) is 0 Å². The molecule has 0 saturated carbocycles. The molecule has 108 valence electrons. The highest BCUT2D eigenvalue weighted by Gasteiger charge is 2.16. The maximum absolute atomic E-state index is 9.33. The van der Waals surface area contributed by atoms with Crippen molar-refractivity contribution in [1.82, 2.24) is 4.90 Å². The average molecular weight is 280 g/mol. The first-order chi connectivity index (χ1) is 10.2. The van der Waals surface area contributed by atoms with Gasteiger partial charge >= 0.3 is 0 Å². The molecular weight excluding hydrogens is 260 g/mol. The van der Waals surface area contributed by atoms with Crippen LogP contribution in [0.25, 0.3) is 0 Å². The van der Waals surface area contributed by atoms with Gasteiger partial charge in [-0.3, -0.25) is 4.90 Å². The Morgan fingerprint density at radius 1 is 1.14 bits per heavy atom. The molecule has 0 radical (unpaired) electrons. The zero-order valence-electron chi connectivity index (χ0n) is 12.2. The van der Waals surface area contributed by atoms with Gasteiger partial charge in [0.25, 0.3) is 0 Å². The van der Waals surface area contributed by atoms with Gasteiger partial charge in [0.15, 0.2) is 0 Å². The summed E-state index contributed by atoms with van der Waals surface area (Å²) in [6, 6.07) is 20.2. The van der Waals surface area contributed by atoms with Crippen LogP contribution in [-0.4, -0.2) is 23.7 Å². The lowest BCUT2D eigenvalue weighted by atomic mass is 10.0. The molecule has 2 aromatic rings. The number of aliphatic hydroxyl groups excluding tert-OH is 1. The van der Waals surface area contributed by atoms with Gasteiger partial charge in [-0.1, -0.05) is 42.5 Å². The molecule has 3 nitrogen and oxygen atoms in total. The molecule has 0 saturated heterocycles. The van der Waals surface area contributed by atoms with Crippen LogP contribution >= 0.6 is 0 Å². The lowest BCUT2D eigenvalue weighted by Crippen LogP contribution is -2.25. The van der Waals surface area contributed by atoms with Crippen LogP contribution in [0.4, 0.5) is 0 Å². The summed E-state index contributed by atoms with van der Waals surface area (Å²) in [5.41, 5.74) is 2.99. The Bertz CT molecular complexity index is 604. The standard InChI is InChI=1S/C18H20N2O/c1-20(14-16-7-5-6-15(12-16)13-19)18(10-11-21)17-8-3-2-4-9-17/h2-9,12,18,21H,10-11,14H2,1H3/t18-/m1/s1. The molecule has 0 spiro atoms. The summed E-state index contributed by atoms with van der Waals surface area (Å²) in [7, 11) is 2.05. The smallest absolute Gasteiger partial charge is 0.0991 e. The van der Waals surface area contributed by atoms with E-state index in [1.165, 1.54) is 5.56 Å². The van der Waals surface area contributed by atoms with Gasteiger partial charge in [0.05, 0.1) is 11.6 Å². The topological polar surface area (TPSA) is 47.3 Å². The first-order valence-electron chi connectivity index (χ1n) is 7.09. The Hall–Kier alpha value is -2.15. The summed E-state index contributed by atoms with van der Waals surface area (Å²) < 4.78 is 0. The zero-order chi connectivity index (χ0) is 15.1. The van der Waals surface area contributed by atoms with Gasteiger partial charge in [0.1, 0.15) is 0 Å². The lowest BCUT2D eigenvalue weighted by molar-refractivity contribution is 0.180. The van der Waals surface area contributed by atoms with E-state index in [1.54, 1.807) is 0 Å². The Morgan fingerprint density at radius 2 is 1.90 bits per heavy atom. The van der Waals surface area contributed by atoms with Crippen LogP contribution in [0.3, 0.4) is 0 Å². The van der Waals surface area contributed by atoms with E-state index in [2.05, 4.69) is 23.1 Å². The second-order valence-corrected chi connectivity index (χ2v) is 5.17. The van der Waals surface area contributed by atoms with Gasteiger partial charge in [0.2, 0.25) is 0 Å². The van der Waals surface area contributed by atoms with Crippen LogP contribution < -0.4 is 0 Å². The Labute approximate surface area is 126 Å². The van der Waals surface area contributed by atoms with Crippen molar-refractivity contribution in [3.05, 3.63) is 71.3 Å². The summed E-state index contributed by atoms with van der Waals surface area (Å²) >= 11 is 0. The van der Waals surface area contributed by atoms with E-state index in [0.717, 1.165) is 12.1 Å². The molecule has 0 amide bonds. The summed E-state index contributed by atoms with van der Waals surface area (Å²) in [4.78, 5) is 2.21. The Balaban J connectivity index is 2.15. The molecule has 0 aliphatic rings. The van der Waals surface area contributed by atoms with Crippen molar-refractivity contribution >= 4 is 0 Å². The highest BCUT2D eigenvalue weighted by molar-refractivity contribution is 5.32. The number of hydrogen-bond acceptors (Lipinski definition) is 3. The van der Waals surface area contributed by atoms with E-state index in [1.807, 2.05) is 49.5 Å². The van der Waals surface area contributed by atoms with Crippen molar-refractivity contribution in [3.63, 3.8) is 0 Å². The summed E-state index contributed by atoms with van der Waals surface area (Å²) in [5, 5.41) is 18.3. The van der Waals surface area contributed by atoms with E-state index in [0.29, 0.717) is 12.0 Å². The van der Waals surface area contributed by atoms with Gasteiger partial charge in [-0.05, 0) is 36.7 Å². The van der Waals surface area contributed by atoms with Crippen LogP contribution in [0.15, 0.2) is 54.6 Å². The molecule has 0 fully saturated rings. The Kier molecular flexibility index (Phi) is 5.51. The zero-order valence-corrected chi connectivity index (χ0v) is 12.2. The number of benzene rings is 2. The van der Waals surface area contributed by atoms with Crippen molar-refractivity contribution in [2.75, 3.05) is 13.7 Å². The number of hydrogen-bond donors (Lipinski definition) is 1. The van der Waals surface area contributed by atoms with Crippen molar-refractivity contribution in [2.24, 2.45) is 0 Å². The molecule has 21 heavy (non-hydrogen) atoms. The maximum Gasteiger partial charge on any atom is 0.0991 e. The minimum atomic E-state index is 0.155. The predicted octanol–water partition coefficient (Wildman–Crippen LogP) is 3.11. The molecule has 0 aliphatic heterocycles. The van der Waals surface area contributed by atoms with E-state index in [-0.39, 0.29) is 12.6 Å². The fraction of sp³-hybridized carbons (Fsp3) is 0.278. The molecule has 2 aromatic carbocycles. The molecule has 0 heterocycles. The molecule has 3 heteroatoms. The first kappa shape index (κ1) is 15.2. The fourth-order valence-corrected chi connectivity index (χ4v) is 2.58. The predicted molar refractivity (Wildman–Crippen MR) is 83.5 cm³/mol. The van der Waals surface area contributed by atoms with Crippen molar-refractivity contribution in [3.8, 4) is 6.07 Å². The van der Waals surface area contributed by atoms with Crippen LogP contribution in [0.5, 0.6) is 0 Å². The van der Waals surface area contributed by atoms with Gasteiger partial charge < -0.3 is 5.11 Å². The molecule has 2 rings (SSSR count). The minimum absolute atomic E-state index is 0.155. The summed E-state index contributed by atoms with van der Waals surface area (Å²) in [6.45, 7) is 0.900. The second-order valence-electron chi connectivity index (χ2n) is 5.17. The van der Waals surface area contributed by atoms with Gasteiger partial charge in [-0.2, -0.15) is 5.26 Å². The summed E-state index contributed by atoms with van der Waals surface area (Å²) in [6.07, 6.45) is 0.693. The highest BCUT2D eigenvalue weighted by atomic mass is 16.3. The monoisotopic (exact) mass is 280 g/mol. The van der Waals surface area contributed by atoms with Crippen LogP contribution in [0.2, 0.25) is 0 Å². The largest absolute Gasteiger partial charge is 0.396 e. The molecule has 0 bridgehead atoms. The van der Waals surface area contributed by atoms with Crippen LogP contribution in [0.1, 0.15) is 29.2 Å². The number of nitrogens with zero attached hydrogens (tertiary/aromatic N) is 2. The van der Waals surface area contributed by atoms with Gasteiger partial charge in [-0.25, -0.2) is 0 Å². The third kappa shape index (κ3) is 4.16. The van der Waals surface area contributed by atoms with Crippen LogP contribution in [0, 0.1) is 11.3 Å². The fourth-order valence-electron chi connectivity index (χ4n) is 2.58. The molecular formula is C18H20N2O. The quantitative estimate of drug-likeness (QED) is 0.884. The average Bonchev–Trinajstić information content (AvgIpc) is 2.53. The van der Waals surface area contributed by atoms with Crippen molar-refractivity contribution < 1.29 is 5.11 Å². The first-order valence-corrected chi connectivity index (χ1v) is 7.09. The van der Waals surface area contributed by atoms with E-state index >= 15 is 0 Å². The minimum Gasteiger partial charge on any atom is -0.396 e. The molecule has 1 atom stereocenters. The number of rotatable bonds is 6. The van der Waals surface area contributed by atoms with Crippen molar-refractivity contribution in [1.29, 1.82) is 5.26 Å². The highest BCUT2D eigenvalue weighted by Crippen LogP contribution is 2.24. The molecule has 0 aliphatic carbocycles. The van der Waals surface area contributed by atoms with Gasteiger partial charge in [0, 0.05) is 19.2 Å². The lowest BCUT2D eigenvalue weighted by Gasteiger charge is -2.28. The third-order valence-corrected chi connectivity index (χ3v) is 3.61. The van der Waals surface area contributed by atoms with Crippen molar-refractivity contribution in [2.45, 2.75) is 19.0 Å². The van der Waals surface area contributed by atoms with E-state index in [4.69, 9.17) is 5.26 Å². The normalized spacial score (nSPS) is 12.1. The summed E-state index contributed by atoms with van der Waals surface area (Å²) in [5.74, 6) is 0. The number of nitriles is 1. The van der Waals surface area contributed by atoms with E-state index in [9.17, 15) is 5.11 Å². The van der Waals surface area contributed by atoms with E-state index < -0.39 is 0 Å². The maximum atomic E-state index is 9.33. The third-order valence-electron chi connectivity index (χ3n) is 3.61. The second kappa shape index (κ2) is 7.58. The van der Waals surface area contributed by atoms with Crippen LogP contribution in [-0.2, 0) is 6.54 Å². The molecule has 0 aromatic heterocycles.